The van der Waals surface area contributed by atoms with Gasteiger partial charge in [-0.1, -0.05) is 71.1 Å². The van der Waals surface area contributed by atoms with Gasteiger partial charge < -0.3 is 4.57 Å². The first-order valence-corrected chi connectivity index (χ1v) is 10.7. The molecule has 0 saturated heterocycles. The first-order chi connectivity index (χ1) is 10.9. The van der Waals surface area contributed by atoms with Crippen LogP contribution in [0.1, 0.15) is 77.6 Å². The quantitative estimate of drug-likeness (QED) is 0.440. The van der Waals surface area contributed by atoms with E-state index in [-0.39, 0.29) is 0 Å². The van der Waals surface area contributed by atoms with E-state index in [1.807, 2.05) is 12.5 Å². The molecule has 0 atom stereocenters. The average molecular weight is 347 g/mol. The highest BCUT2D eigenvalue weighted by Gasteiger charge is 1.93. The molecule has 23 heavy (non-hydrogen) atoms. The maximum Gasteiger partial charge on any atom is 0.261 e. The summed E-state index contributed by atoms with van der Waals surface area (Å²) in [5.41, 5.74) is 0. The van der Waals surface area contributed by atoms with Crippen LogP contribution in [0.5, 0.6) is 0 Å². The Labute approximate surface area is 142 Å². The lowest BCUT2D eigenvalue weighted by molar-refractivity contribution is 0.490. The Morgan fingerprint density at radius 1 is 0.913 bits per heavy atom. The van der Waals surface area contributed by atoms with Crippen LogP contribution in [0.15, 0.2) is 18.7 Å². The largest absolute Gasteiger partial charge is 0.337 e. The van der Waals surface area contributed by atoms with E-state index in [2.05, 4.69) is 22.7 Å². The average Bonchev–Trinajstić information content (AvgIpc) is 2.96. The van der Waals surface area contributed by atoms with Gasteiger partial charge in [-0.2, -0.15) is 8.42 Å². The van der Waals surface area contributed by atoms with Crippen molar-refractivity contribution in [3.8, 4) is 0 Å². The molecule has 6 heteroatoms. The van der Waals surface area contributed by atoms with E-state index < -0.39 is 10.1 Å². The standard InChI is InChI=1S/C16H30N2.CH4O3S/c1-2-3-4-5-6-7-8-9-10-11-12-14-18-15-13-17-16-18;1-5(2,3)4/h13,15-16H,2-12,14H2,1H3;1H3,(H,2,3,4). The number of aromatic nitrogens is 2. The van der Waals surface area contributed by atoms with Gasteiger partial charge in [-0.15, -0.1) is 0 Å². The minimum atomic E-state index is -3.67. The molecule has 0 fully saturated rings. The van der Waals surface area contributed by atoms with Crippen molar-refractivity contribution in [3.63, 3.8) is 0 Å². The highest BCUT2D eigenvalue weighted by atomic mass is 32.2. The van der Waals surface area contributed by atoms with Crippen molar-refractivity contribution in [1.82, 2.24) is 9.55 Å². The summed E-state index contributed by atoms with van der Waals surface area (Å²) in [4.78, 5) is 4.06. The van der Waals surface area contributed by atoms with Crippen molar-refractivity contribution in [2.75, 3.05) is 6.26 Å². The van der Waals surface area contributed by atoms with Crippen molar-refractivity contribution in [2.24, 2.45) is 0 Å². The topological polar surface area (TPSA) is 72.2 Å². The molecule has 0 spiro atoms. The van der Waals surface area contributed by atoms with Crippen LogP contribution in [-0.2, 0) is 16.7 Å². The summed E-state index contributed by atoms with van der Waals surface area (Å²) >= 11 is 0. The molecule has 0 radical (unpaired) electrons. The molecule has 0 amide bonds. The molecule has 0 bridgehead atoms. The van der Waals surface area contributed by atoms with Crippen LogP contribution in [-0.4, -0.2) is 28.8 Å². The maximum absolute atomic E-state index is 9.19. The number of rotatable bonds is 12. The van der Waals surface area contributed by atoms with Gasteiger partial charge in [0.15, 0.2) is 0 Å². The van der Waals surface area contributed by atoms with Crippen molar-refractivity contribution in [2.45, 2.75) is 84.1 Å². The third-order valence-corrected chi connectivity index (χ3v) is 3.58. The van der Waals surface area contributed by atoms with Gasteiger partial charge >= 0.3 is 0 Å². The van der Waals surface area contributed by atoms with E-state index in [9.17, 15) is 8.42 Å². The first-order valence-electron chi connectivity index (χ1n) is 8.81. The number of hydrogen-bond donors (Lipinski definition) is 1. The Morgan fingerprint density at radius 3 is 1.74 bits per heavy atom. The van der Waals surface area contributed by atoms with E-state index in [1.54, 1.807) is 0 Å². The van der Waals surface area contributed by atoms with Gasteiger partial charge in [0.25, 0.3) is 10.1 Å². The highest BCUT2D eigenvalue weighted by molar-refractivity contribution is 7.85. The number of imidazole rings is 1. The number of aryl methyl sites for hydroxylation is 1. The molecule has 5 nitrogen and oxygen atoms in total. The lowest BCUT2D eigenvalue weighted by Gasteiger charge is -2.03. The number of hydrogen-bond acceptors (Lipinski definition) is 3. The second-order valence-electron chi connectivity index (χ2n) is 6.07. The summed E-state index contributed by atoms with van der Waals surface area (Å²) in [6.45, 7) is 3.42. The summed E-state index contributed by atoms with van der Waals surface area (Å²) in [6.07, 6.45) is 22.1. The van der Waals surface area contributed by atoms with Crippen LogP contribution >= 0.6 is 0 Å². The molecule has 0 aromatic carbocycles. The van der Waals surface area contributed by atoms with Crippen LogP contribution in [0.4, 0.5) is 0 Å². The summed E-state index contributed by atoms with van der Waals surface area (Å²) < 4.78 is 28.0. The fourth-order valence-corrected chi connectivity index (χ4v) is 2.38. The minimum absolute atomic E-state index is 0.715. The monoisotopic (exact) mass is 346 g/mol. The highest BCUT2D eigenvalue weighted by Crippen LogP contribution is 2.11. The summed E-state index contributed by atoms with van der Waals surface area (Å²) in [6, 6.07) is 0. The lowest BCUT2D eigenvalue weighted by Crippen LogP contribution is -1.93. The molecule has 1 aromatic heterocycles. The molecule has 136 valence electrons. The number of unbranched alkanes of at least 4 members (excludes halogenated alkanes) is 10. The van der Waals surface area contributed by atoms with E-state index in [0.717, 1.165) is 6.54 Å². The Morgan fingerprint density at radius 2 is 1.35 bits per heavy atom. The van der Waals surface area contributed by atoms with Crippen LogP contribution < -0.4 is 0 Å². The molecule has 1 aromatic rings. The smallest absolute Gasteiger partial charge is 0.261 e. The molecular formula is C17H34N2O3S. The minimum Gasteiger partial charge on any atom is -0.337 e. The first kappa shape index (κ1) is 22.1. The molecule has 0 aliphatic rings. The Bertz CT molecular complexity index is 436. The van der Waals surface area contributed by atoms with Crippen molar-refractivity contribution >= 4 is 10.1 Å². The fourth-order valence-electron chi connectivity index (χ4n) is 2.38. The van der Waals surface area contributed by atoms with E-state index >= 15 is 0 Å². The second-order valence-corrected chi connectivity index (χ2v) is 7.54. The summed E-state index contributed by atoms with van der Waals surface area (Å²) in [7, 11) is -3.67. The molecule has 1 heterocycles. The van der Waals surface area contributed by atoms with Gasteiger partial charge in [0.2, 0.25) is 0 Å². The van der Waals surface area contributed by atoms with Gasteiger partial charge in [0.05, 0.1) is 12.6 Å². The third-order valence-electron chi connectivity index (χ3n) is 3.58. The van der Waals surface area contributed by atoms with Crippen LogP contribution in [0.2, 0.25) is 0 Å². The van der Waals surface area contributed by atoms with E-state index in [0.29, 0.717) is 6.26 Å². The summed E-state index contributed by atoms with van der Waals surface area (Å²) in [5.74, 6) is 0. The Balaban J connectivity index is 0.000000841. The predicted octanol–water partition coefficient (Wildman–Crippen LogP) is 4.70. The zero-order valence-electron chi connectivity index (χ0n) is 14.8. The predicted molar refractivity (Wildman–Crippen MR) is 96.2 cm³/mol. The molecule has 0 aliphatic heterocycles. The van der Waals surface area contributed by atoms with Crippen LogP contribution in [0, 0.1) is 0 Å². The SMILES string of the molecule is CCCCCCCCCCCCCn1ccnc1.CS(=O)(=O)O. The van der Waals surface area contributed by atoms with Gasteiger partial charge in [0.1, 0.15) is 0 Å². The van der Waals surface area contributed by atoms with Crippen molar-refractivity contribution < 1.29 is 13.0 Å². The molecular weight excluding hydrogens is 312 g/mol. The van der Waals surface area contributed by atoms with Crippen LogP contribution in [0.25, 0.3) is 0 Å². The molecule has 0 saturated carbocycles. The normalized spacial score (nSPS) is 11.1. The fraction of sp³-hybridized carbons (Fsp3) is 0.824. The molecule has 1 rings (SSSR count). The van der Waals surface area contributed by atoms with E-state index in [4.69, 9.17) is 4.55 Å². The second kappa shape index (κ2) is 14.7. The van der Waals surface area contributed by atoms with Gasteiger partial charge in [-0.05, 0) is 6.42 Å². The Hall–Kier alpha value is -0.880. The zero-order valence-corrected chi connectivity index (χ0v) is 15.6. The summed E-state index contributed by atoms with van der Waals surface area (Å²) in [5, 5.41) is 0. The van der Waals surface area contributed by atoms with Gasteiger partial charge in [-0.25, -0.2) is 4.98 Å². The maximum atomic E-state index is 9.19. The van der Waals surface area contributed by atoms with E-state index in [1.165, 1.54) is 70.6 Å². The molecule has 0 unspecified atom stereocenters. The van der Waals surface area contributed by atoms with Crippen molar-refractivity contribution in [1.29, 1.82) is 0 Å². The van der Waals surface area contributed by atoms with Gasteiger partial charge in [-0.3, -0.25) is 4.55 Å². The lowest BCUT2D eigenvalue weighted by atomic mass is 10.1. The third kappa shape index (κ3) is 21.1. The number of nitrogens with zero attached hydrogens (tertiary/aromatic N) is 2. The molecule has 0 aliphatic carbocycles. The molecule has 1 N–H and O–H groups in total. The van der Waals surface area contributed by atoms with Crippen LogP contribution in [0.3, 0.4) is 0 Å². The van der Waals surface area contributed by atoms with Crippen molar-refractivity contribution in [3.05, 3.63) is 18.7 Å². The zero-order chi connectivity index (χ0) is 17.4. The Kier molecular flexibility index (Phi) is 14.1. The van der Waals surface area contributed by atoms with Gasteiger partial charge in [0, 0.05) is 18.9 Å².